The minimum atomic E-state index is -0.986. The van der Waals surface area contributed by atoms with Crippen molar-refractivity contribution in [3.8, 4) is 0 Å². The summed E-state index contributed by atoms with van der Waals surface area (Å²) in [4.78, 5) is 38.9. The number of amides is 2. The Hall–Kier alpha value is -2.38. The Labute approximate surface area is 140 Å². The lowest BCUT2D eigenvalue weighted by atomic mass is 10.0. The second-order valence-corrected chi connectivity index (χ2v) is 6.40. The molecule has 2 aliphatic heterocycles. The van der Waals surface area contributed by atoms with Crippen LogP contribution in [0.25, 0.3) is 0 Å². The van der Waals surface area contributed by atoms with Gasteiger partial charge in [0.1, 0.15) is 0 Å². The highest BCUT2D eigenvalue weighted by Crippen LogP contribution is 2.26. The molecule has 3 heterocycles. The van der Waals surface area contributed by atoms with Gasteiger partial charge in [-0.15, -0.1) is 0 Å². The molecule has 2 amide bonds. The largest absolute Gasteiger partial charge is 0.478 e. The zero-order chi connectivity index (χ0) is 17.3. The Bertz CT molecular complexity index is 648. The fourth-order valence-corrected chi connectivity index (χ4v) is 3.50. The van der Waals surface area contributed by atoms with Gasteiger partial charge in [-0.05, 0) is 19.8 Å². The highest BCUT2D eigenvalue weighted by Gasteiger charge is 2.37. The standard InChI is InChI=1S/C16H22N4O4/c1-2-18-9-11(7-14(18)21)15(22)19-5-3-13(4-6-19)20-10-12(8-17-20)16(23)24/h8,10-11,13H,2-7,9H2,1H3,(H,23,24). The maximum atomic E-state index is 12.6. The SMILES string of the molecule is CCN1CC(C(=O)N2CCC(n3cc(C(=O)O)cn3)CC2)CC1=O. The normalized spacial score (nSPS) is 22.2. The Kier molecular flexibility index (Phi) is 4.55. The second-order valence-electron chi connectivity index (χ2n) is 6.40. The molecule has 130 valence electrons. The summed E-state index contributed by atoms with van der Waals surface area (Å²) in [5.74, 6) is -1.09. The zero-order valence-corrected chi connectivity index (χ0v) is 13.7. The minimum Gasteiger partial charge on any atom is -0.478 e. The summed E-state index contributed by atoms with van der Waals surface area (Å²) < 4.78 is 1.68. The van der Waals surface area contributed by atoms with Gasteiger partial charge in [-0.3, -0.25) is 14.3 Å². The summed E-state index contributed by atoms with van der Waals surface area (Å²) in [6.07, 6.45) is 4.69. The number of carbonyl (C=O) groups is 3. The third kappa shape index (κ3) is 3.13. The predicted octanol–water partition coefficient (Wildman–Crippen LogP) is 0.613. The lowest BCUT2D eigenvalue weighted by Crippen LogP contribution is -2.43. The molecule has 1 atom stereocenters. The molecule has 0 bridgehead atoms. The molecule has 3 rings (SSSR count). The number of aromatic carboxylic acids is 1. The van der Waals surface area contributed by atoms with Crippen molar-refractivity contribution in [1.82, 2.24) is 19.6 Å². The molecule has 8 nitrogen and oxygen atoms in total. The molecule has 2 saturated heterocycles. The summed E-state index contributed by atoms with van der Waals surface area (Å²) in [7, 11) is 0. The minimum absolute atomic E-state index is 0.0588. The van der Waals surface area contributed by atoms with Crippen LogP contribution in [0.15, 0.2) is 12.4 Å². The van der Waals surface area contributed by atoms with Gasteiger partial charge in [0.15, 0.2) is 0 Å². The Morgan fingerprint density at radius 1 is 1.33 bits per heavy atom. The van der Waals surface area contributed by atoms with Crippen LogP contribution < -0.4 is 0 Å². The highest BCUT2D eigenvalue weighted by atomic mass is 16.4. The third-order valence-electron chi connectivity index (χ3n) is 4.94. The van der Waals surface area contributed by atoms with E-state index >= 15 is 0 Å². The molecule has 0 aromatic carbocycles. The van der Waals surface area contributed by atoms with Gasteiger partial charge in [-0.1, -0.05) is 0 Å². The Morgan fingerprint density at radius 2 is 2.04 bits per heavy atom. The molecule has 8 heteroatoms. The first-order valence-corrected chi connectivity index (χ1v) is 8.33. The Balaban J connectivity index is 1.56. The van der Waals surface area contributed by atoms with Gasteiger partial charge in [0.05, 0.1) is 23.7 Å². The second kappa shape index (κ2) is 6.62. The van der Waals surface area contributed by atoms with Crippen molar-refractivity contribution in [2.45, 2.75) is 32.2 Å². The number of rotatable bonds is 4. The van der Waals surface area contributed by atoms with Crippen molar-refractivity contribution in [3.05, 3.63) is 18.0 Å². The summed E-state index contributed by atoms with van der Waals surface area (Å²) in [6, 6.07) is 0.111. The van der Waals surface area contributed by atoms with Crippen molar-refractivity contribution < 1.29 is 19.5 Å². The van der Waals surface area contributed by atoms with Crippen molar-refractivity contribution in [1.29, 1.82) is 0 Å². The van der Waals surface area contributed by atoms with Crippen molar-refractivity contribution in [2.24, 2.45) is 5.92 Å². The van der Waals surface area contributed by atoms with Crippen LogP contribution >= 0.6 is 0 Å². The number of aromatic nitrogens is 2. The molecule has 0 spiro atoms. The van der Waals surface area contributed by atoms with Crippen LogP contribution in [-0.4, -0.2) is 68.6 Å². The number of hydrogen-bond donors (Lipinski definition) is 1. The number of likely N-dealkylation sites (tertiary alicyclic amines) is 2. The van der Waals surface area contributed by atoms with E-state index in [-0.39, 0.29) is 29.3 Å². The van der Waals surface area contributed by atoms with Gasteiger partial charge in [-0.2, -0.15) is 5.10 Å². The molecule has 0 saturated carbocycles. The van der Waals surface area contributed by atoms with E-state index in [1.807, 2.05) is 11.8 Å². The zero-order valence-electron chi connectivity index (χ0n) is 13.7. The van der Waals surface area contributed by atoms with E-state index in [1.165, 1.54) is 6.20 Å². The Morgan fingerprint density at radius 3 is 2.58 bits per heavy atom. The van der Waals surface area contributed by atoms with Crippen LogP contribution in [0.4, 0.5) is 0 Å². The average Bonchev–Trinajstić information content (AvgIpc) is 3.21. The van der Waals surface area contributed by atoms with E-state index in [2.05, 4.69) is 5.10 Å². The van der Waals surface area contributed by atoms with Crippen LogP contribution in [0.1, 0.15) is 42.6 Å². The van der Waals surface area contributed by atoms with E-state index in [1.54, 1.807) is 15.8 Å². The molecule has 1 aromatic heterocycles. The molecule has 24 heavy (non-hydrogen) atoms. The van der Waals surface area contributed by atoms with Crippen LogP contribution in [0.5, 0.6) is 0 Å². The predicted molar refractivity (Wildman–Crippen MR) is 84.4 cm³/mol. The quantitative estimate of drug-likeness (QED) is 0.870. The van der Waals surface area contributed by atoms with Gasteiger partial charge in [0.25, 0.3) is 0 Å². The van der Waals surface area contributed by atoms with Gasteiger partial charge in [-0.25, -0.2) is 4.79 Å². The van der Waals surface area contributed by atoms with Gasteiger partial charge >= 0.3 is 5.97 Å². The number of nitrogens with zero attached hydrogens (tertiary/aromatic N) is 4. The van der Waals surface area contributed by atoms with Crippen molar-refractivity contribution in [2.75, 3.05) is 26.2 Å². The van der Waals surface area contributed by atoms with E-state index in [4.69, 9.17) is 5.11 Å². The summed E-state index contributed by atoms with van der Waals surface area (Å²) >= 11 is 0. The van der Waals surface area contributed by atoms with Crippen LogP contribution in [0.3, 0.4) is 0 Å². The lowest BCUT2D eigenvalue weighted by molar-refractivity contribution is -0.137. The summed E-state index contributed by atoms with van der Waals surface area (Å²) in [6.45, 7) is 4.32. The molecule has 2 aliphatic rings. The molecule has 0 aliphatic carbocycles. The molecule has 1 unspecified atom stereocenters. The number of carboxylic acids is 1. The highest BCUT2D eigenvalue weighted by molar-refractivity contribution is 5.89. The molecular formula is C16H22N4O4. The summed E-state index contributed by atoms with van der Waals surface area (Å²) in [5.41, 5.74) is 0.178. The van der Waals surface area contributed by atoms with Crippen LogP contribution in [0.2, 0.25) is 0 Å². The van der Waals surface area contributed by atoms with Crippen LogP contribution in [0, 0.1) is 5.92 Å². The van der Waals surface area contributed by atoms with Gasteiger partial charge in [0.2, 0.25) is 11.8 Å². The molecule has 1 N–H and O–H groups in total. The molecular weight excluding hydrogens is 312 g/mol. The van der Waals surface area contributed by atoms with Gasteiger partial charge < -0.3 is 14.9 Å². The van der Waals surface area contributed by atoms with Crippen molar-refractivity contribution >= 4 is 17.8 Å². The number of carbonyl (C=O) groups excluding carboxylic acids is 2. The third-order valence-corrected chi connectivity index (χ3v) is 4.94. The van der Waals surface area contributed by atoms with Crippen LogP contribution in [-0.2, 0) is 9.59 Å². The molecule has 1 aromatic rings. The first kappa shape index (κ1) is 16.5. The van der Waals surface area contributed by atoms with E-state index < -0.39 is 5.97 Å². The fraction of sp³-hybridized carbons (Fsp3) is 0.625. The summed E-state index contributed by atoms with van der Waals surface area (Å²) in [5, 5.41) is 13.1. The van der Waals surface area contributed by atoms with Crippen molar-refractivity contribution in [3.63, 3.8) is 0 Å². The number of hydrogen-bond acceptors (Lipinski definition) is 4. The van der Waals surface area contributed by atoms with E-state index in [0.717, 1.165) is 12.8 Å². The number of piperidine rings is 1. The maximum absolute atomic E-state index is 12.6. The van der Waals surface area contributed by atoms with Gasteiger partial charge in [0, 0.05) is 38.8 Å². The van der Waals surface area contributed by atoms with E-state index in [0.29, 0.717) is 32.6 Å². The maximum Gasteiger partial charge on any atom is 0.338 e. The topological polar surface area (TPSA) is 95.7 Å². The average molecular weight is 334 g/mol. The number of carboxylic acid groups (broad SMARTS) is 1. The molecule has 0 radical (unpaired) electrons. The molecule has 2 fully saturated rings. The smallest absolute Gasteiger partial charge is 0.338 e. The monoisotopic (exact) mass is 334 g/mol. The fourth-order valence-electron chi connectivity index (χ4n) is 3.50. The van der Waals surface area contributed by atoms with E-state index in [9.17, 15) is 14.4 Å². The first-order valence-electron chi connectivity index (χ1n) is 8.33. The first-order chi connectivity index (χ1) is 11.5. The lowest BCUT2D eigenvalue weighted by Gasteiger charge is -2.33.